The van der Waals surface area contributed by atoms with E-state index < -0.39 is 0 Å². The summed E-state index contributed by atoms with van der Waals surface area (Å²) in [7, 11) is 0. The van der Waals surface area contributed by atoms with Gasteiger partial charge < -0.3 is 0 Å². The van der Waals surface area contributed by atoms with Crippen LogP contribution in [0.1, 0.15) is 52.4 Å². The molecule has 0 atom stereocenters. The standard InChI is InChI=1S/C12H22/c1-4-6-7-8-9-11-12(3)10-5-2/h5,10H,3-4,6-9,11H2,1-2H3/b10-5-. The Morgan fingerprint density at radius 2 is 1.83 bits per heavy atom. The van der Waals surface area contributed by atoms with E-state index in [4.69, 9.17) is 0 Å². The lowest BCUT2D eigenvalue weighted by atomic mass is 10.1. The van der Waals surface area contributed by atoms with Crippen LogP contribution in [0, 0.1) is 0 Å². The normalized spacial score (nSPS) is 10.8. The van der Waals surface area contributed by atoms with Gasteiger partial charge in [0.25, 0.3) is 0 Å². The van der Waals surface area contributed by atoms with Crippen molar-refractivity contribution in [2.24, 2.45) is 0 Å². The number of allylic oxidation sites excluding steroid dienone is 3. The van der Waals surface area contributed by atoms with Crippen LogP contribution in [0.5, 0.6) is 0 Å². The van der Waals surface area contributed by atoms with Crippen molar-refractivity contribution in [2.75, 3.05) is 0 Å². The Morgan fingerprint density at radius 1 is 1.17 bits per heavy atom. The number of hydrogen-bond donors (Lipinski definition) is 0. The molecule has 0 fully saturated rings. The Labute approximate surface area is 77.4 Å². The summed E-state index contributed by atoms with van der Waals surface area (Å²) in [5, 5.41) is 0. The Morgan fingerprint density at radius 3 is 2.42 bits per heavy atom. The highest BCUT2D eigenvalue weighted by atomic mass is 14.0. The maximum Gasteiger partial charge on any atom is -0.0285 e. The van der Waals surface area contributed by atoms with Crippen LogP contribution in [0.4, 0.5) is 0 Å². The highest BCUT2D eigenvalue weighted by Crippen LogP contribution is 2.10. The molecule has 0 aromatic heterocycles. The summed E-state index contributed by atoms with van der Waals surface area (Å²) in [5.41, 5.74) is 1.27. The summed E-state index contributed by atoms with van der Waals surface area (Å²) in [6.07, 6.45) is 12.1. The van der Waals surface area contributed by atoms with Gasteiger partial charge in [-0.05, 0) is 19.8 Å². The van der Waals surface area contributed by atoms with Gasteiger partial charge in [0, 0.05) is 0 Å². The molecule has 0 nitrogen and oxygen atoms in total. The van der Waals surface area contributed by atoms with Crippen molar-refractivity contribution >= 4 is 0 Å². The van der Waals surface area contributed by atoms with Gasteiger partial charge in [-0.3, -0.25) is 0 Å². The second kappa shape index (κ2) is 8.58. The topological polar surface area (TPSA) is 0 Å². The van der Waals surface area contributed by atoms with Crippen molar-refractivity contribution in [1.82, 2.24) is 0 Å². The molecule has 0 aromatic rings. The second-order valence-corrected chi connectivity index (χ2v) is 3.32. The van der Waals surface area contributed by atoms with Crippen LogP contribution < -0.4 is 0 Å². The SMILES string of the molecule is C=C(/C=C\C)CCCCCCC. The van der Waals surface area contributed by atoms with Gasteiger partial charge in [0.1, 0.15) is 0 Å². The first kappa shape index (κ1) is 11.5. The number of unbranched alkanes of at least 4 members (excludes halogenated alkanes) is 4. The van der Waals surface area contributed by atoms with E-state index in [2.05, 4.69) is 25.7 Å². The first-order valence-corrected chi connectivity index (χ1v) is 5.11. The van der Waals surface area contributed by atoms with Gasteiger partial charge in [0.15, 0.2) is 0 Å². The minimum atomic E-state index is 1.17. The van der Waals surface area contributed by atoms with Gasteiger partial charge in [-0.2, -0.15) is 0 Å². The van der Waals surface area contributed by atoms with E-state index >= 15 is 0 Å². The third kappa shape index (κ3) is 7.59. The Kier molecular flexibility index (Phi) is 8.20. The van der Waals surface area contributed by atoms with Crippen LogP contribution in [-0.2, 0) is 0 Å². The molecule has 0 aliphatic heterocycles. The fourth-order valence-electron chi connectivity index (χ4n) is 1.27. The third-order valence-electron chi connectivity index (χ3n) is 2.00. The summed E-state index contributed by atoms with van der Waals surface area (Å²) in [6, 6.07) is 0. The smallest absolute Gasteiger partial charge is 0.0285 e. The Bertz CT molecular complexity index is 131. The van der Waals surface area contributed by atoms with Gasteiger partial charge in [-0.1, -0.05) is 56.9 Å². The van der Waals surface area contributed by atoms with Gasteiger partial charge in [0.05, 0.1) is 0 Å². The van der Waals surface area contributed by atoms with E-state index in [0.29, 0.717) is 0 Å². The fourth-order valence-corrected chi connectivity index (χ4v) is 1.27. The van der Waals surface area contributed by atoms with Crippen molar-refractivity contribution < 1.29 is 0 Å². The molecule has 0 radical (unpaired) electrons. The van der Waals surface area contributed by atoms with Crippen molar-refractivity contribution in [1.29, 1.82) is 0 Å². The summed E-state index contributed by atoms with van der Waals surface area (Å²) >= 11 is 0. The molecular weight excluding hydrogens is 144 g/mol. The zero-order chi connectivity index (χ0) is 9.23. The zero-order valence-corrected chi connectivity index (χ0v) is 8.60. The molecule has 0 rings (SSSR count). The molecule has 0 spiro atoms. The average molecular weight is 166 g/mol. The molecule has 0 heteroatoms. The lowest BCUT2D eigenvalue weighted by Crippen LogP contribution is -1.79. The Hall–Kier alpha value is -0.520. The second-order valence-electron chi connectivity index (χ2n) is 3.32. The first-order valence-electron chi connectivity index (χ1n) is 5.11. The van der Waals surface area contributed by atoms with Crippen molar-refractivity contribution in [3.05, 3.63) is 24.3 Å². The summed E-state index contributed by atoms with van der Waals surface area (Å²) in [5.74, 6) is 0. The zero-order valence-electron chi connectivity index (χ0n) is 8.60. The number of hydrogen-bond acceptors (Lipinski definition) is 0. The van der Waals surface area contributed by atoms with E-state index in [1.807, 2.05) is 6.92 Å². The molecule has 0 heterocycles. The number of rotatable bonds is 7. The highest BCUT2D eigenvalue weighted by molar-refractivity contribution is 5.12. The van der Waals surface area contributed by atoms with Gasteiger partial charge >= 0.3 is 0 Å². The highest BCUT2D eigenvalue weighted by Gasteiger charge is 1.90. The molecule has 0 aliphatic carbocycles. The predicted molar refractivity (Wildman–Crippen MR) is 57.3 cm³/mol. The summed E-state index contributed by atoms with van der Waals surface area (Å²) in [4.78, 5) is 0. The molecule has 12 heavy (non-hydrogen) atoms. The van der Waals surface area contributed by atoms with Crippen LogP contribution in [0.25, 0.3) is 0 Å². The molecule has 0 aliphatic rings. The van der Waals surface area contributed by atoms with Crippen LogP contribution in [0.15, 0.2) is 24.3 Å². The lowest BCUT2D eigenvalue weighted by molar-refractivity contribution is 0.633. The van der Waals surface area contributed by atoms with Crippen molar-refractivity contribution in [3.8, 4) is 0 Å². The van der Waals surface area contributed by atoms with Crippen molar-refractivity contribution in [2.45, 2.75) is 52.4 Å². The lowest BCUT2D eigenvalue weighted by Gasteiger charge is -1.99. The van der Waals surface area contributed by atoms with Crippen molar-refractivity contribution in [3.63, 3.8) is 0 Å². The first-order chi connectivity index (χ1) is 5.81. The monoisotopic (exact) mass is 166 g/mol. The molecular formula is C12H22. The van der Waals surface area contributed by atoms with Crippen LogP contribution in [0.3, 0.4) is 0 Å². The third-order valence-corrected chi connectivity index (χ3v) is 2.00. The molecule has 0 saturated carbocycles. The van der Waals surface area contributed by atoms with E-state index in [-0.39, 0.29) is 0 Å². The predicted octanol–water partition coefficient (Wildman–Crippen LogP) is 4.48. The Balaban J connectivity index is 3.14. The van der Waals surface area contributed by atoms with Crippen LogP contribution in [0.2, 0.25) is 0 Å². The van der Waals surface area contributed by atoms with Crippen LogP contribution >= 0.6 is 0 Å². The molecule has 0 bridgehead atoms. The summed E-state index contributed by atoms with van der Waals surface area (Å²) < 4.78 is 0. The molecule has 0 amide bonds. The van der Waals surface area contributed by atoms with E-state index in [0.717, 1.165) is 0 Å². The average Bonchev–Trinajstić information content (AvgIpc) is 2.05. The molecule has 70 valence electrons. The quantitative estimate of drug-likeness (QED) is 0.386. The molecule has 0 saturated heterocycles. The largest absolute Gasteiger partial charge is 0.0958 e. The van der Waals surface area contributed by atoms with Gasteiger partial charge in [-0.15, -0.1) is 0 Å². The minimum Gasteiger partial charge on any atom is -0.0958 e. The van der Waals surface area contributed by atoms with E-state index in [1.54, 1.807) is 0 Å². The maximum absolute atomic E-state index is 3.98. The maximum atomic E-state index is 3.98. The fraction of sp³-hybridized carbons (Fsp3) is 0.667. The van der Waals surface area contributed by atoms with Gasteiger partial charge in [-0.25, -0.2) is 0 Å². The van der Waals surface area contributed by atoms with E-state index in [9.17, 15) is 0 Å². The minimum absolute atomic E-state index is 1.17. The van der Waals surface area contributed by atoms with E-state index in [1.165, 1.54) is 44.1 Å². The van der Waals surface area contributed by atoms with Crippen LogP contribution in [-0.4, -0.2) is 0 Å². The molecule has 0 aromatic carbocycles. The van der Waals surface area contributed by atoms with Gasteiger partial charge in [0.2, 0.25) is 0 Å². The molecule has 0 N–H and O–H groups in total. The molecule has 0 unspecified atom stereocenters. The summed E-state index contributed by atoms with van der Waals surface area (Å²) in [6.45, 7) is 8.27.